The Morgan fingerprint density at radius 2 is 2.00 bits per heavy atom. The molecule has 2 aliphatic carbocycles. The molecular formula is C14H22N2O2S2. The van der Waals surface area contributed by atoms with Crippen LogP contribution in [0.3, 0.4) is 0 Å². The summed E-state index contributed by atoms with van der Waals surface area (Å²) in [4.78, 5) is 0. The van der Waals surface area contributed by atoms with E-state index in [1.54, 1.807) is 11.4 Å². The van der Waals surface area contributed by atoms with Gasteiger partial charge in [0.2, 0.25) is 0 Å². The highest BCUT2D eigenvalue weighted by molar-refractivity contribution is 7.91. The van der Waals surface area contributed by atoms with Gasteiger partial charge in [0, 0.05) is 25.7 Å². The molecule has 20 heavy (non-hydrogen) atoms. The lowest BCUT2D eigenvalue weighted by Gasteiger charge is -2.22. The van der Waals surface area contributed by atoms with Crippen LogP contribution in [0.1, 0.15) is 44.1 Å². The first kappa shape index (κ1) is 14.5. The average molecular weight is 314 g/mol. The van der Waals surface area contributed by atoms with Crippen LogP contribution in [0.25, 0.3) is 0 Å². The maximum atomic E-state index is 12.6. The number of thiophene rings is 1. The molecule has 0 atom stereocenters. The first-order chi connectivity index (χ1) is 9.57. The van der Waals surface area contributed by atoms with Crippen molar-refractivity contribution in [2.75, 3.05) is 7.05 Å². The largest absolute Gasteiger partial charge is 0.310 e. The van der Waals surface area contributed by atoms with Crippen LogP contribution in [-0.4, -0.2) is 31.9 Å². The summed E-state index contributed by atoms with van der Waals surface area (Å²) in [5.41, 5.74) is 1.08. The van der Waals surface area contributed by atoms with Crippen molar-refractivity contribution < 1.29 is 8.42 Å². The Labute approximate surface area is 125 Å². The van der Waals surface area contributed by atoms with Gasteiger partial charge in [-0.3, -0.25) is 0 Å². The normalized spacial score (nSPS) is 20.9. The molecule has 1 N–H and O–H groups in total. The van der Waals surface area contributed by atoms with E-state index in [1.807, 2.05) is 11.4 Å². The van der Waals surface area contributed by atoms with Crippen LogP contribution < -0.4 is 5.32 Å². The SMILES string of the molecule is CN(C1CCCC1)S(=O)(=O)c1cc(CNC2CC2)cs1. The molecule has 0 aliphatic heterocycles. The molecule has 0 bridgehead atoms. The summed E-state index contributed by atoms with van der Waals surface area (Å²) >= 11 is 1.35. The van der Waals surface area contributed by atoms with Crippen molar-refractivity contribution in [3.05, 3.63) is 17.0 Å². The third-order valence-corrected chi connectivity index (χ3v) is 7.65. The quantitative estimate of drug-likeness (QED) is 0.878. The third kappa shape index (κ3) is 3.08. The maximum absolute atomic E-state index is 12.6. The molecule has 6 heteroatoms. The van der Waals surface area contributed by atoms with Crippen LogP contribution in [-0.2, 0) is 16.6 Å². The molecule has 2 aliphatic rings. The molecule has 4 nitrogen and oxygen atoms in total. The topological polar surface area (TPSA) is 49.4 Å². The van der Waals surface area contributed by atoms with Crippen molar-refractivity contribution in [2.45, 2.75) is 61.4 Å². The molecule has 0 unspecified atom stereocenters. The number of nitrogens with one attached hydrogen (secondary N) is 1. The molecule has 0 aromatic carbocycles. The van der Waals surface area contributed by atoms with Crippen molar-refractivity contribution in [2.24, 2.45) is 0 Å². The zero-order valence-corrected chi connectivity index (χ0v) is 13.5. The molecule has 2 saturated carbocycles. The Morgan fingerprint density at radius 1 is 1.30 bits per heavy atom. The van der Waals surface area contributed by atoms with E-state index in [4.69, 9.17) is 0 Å². The molecule has 2 fully saturated rings. The molecular weight excluding hydrogens is 292 g/mol. The van der Waals surface area contributed by atoms with Crippen LogP contribution in [0.5, 0.6) is 0 Å². The third-order valence-electron chi connectivity index (χ3n) is 4.27. The Hall–Kier alpha value is -0.430. The van der Waals surface area contributed by atoms with E-state index in [1.165, 1.54) is 24.2 Å². The molecule has 0 saturated heterocycles. The molecule has 0 radical (unpaired) electrons. The van der Waals surface area contributed by atoms with E-state index in [0.29, 0.717) is 10.3 Å². The molecule has 112 valence electrons. The number of sulfonamides is 1. The van der Waals surface area contributed by atoms with Gasteiger partial charge in [0.1, 0.15) is 4.21 Å². The highest BCUT2D eigenvalue weighted by atomic mass is 32.2. The van der Waals surface area contributed by atoms with Gasteiger partial charge >= 0.3 is 0 Å². The number of nitrogens with zero attached hydrogens (tertiary/aromatic N) is 1. The maximum Gasteiger partial charge on any atom is 0.252 e. The van der Waals surface area contributed by atoms with Crippen molar-refractivity contribution in [1.82, 2.24) is 9.62 Å². The van der Waals surface area contributed by atoms with Gasteiger partial charge in [0.05, 0.1) is 0 Å². The van der Waals surface area contributed by atoms with Crippen molar-refractivity contribution >= 4 is 21.4 Å². The number of rotatable bonds is 6. The van der Waals surface area contributed by atoms with Crippen LogP contribution >= 0.6 is 11.3 Å². The fraction of sp³-hybridized carbons (Fsp3) is 0.714. The average Bonchev–Trinajstić information content (AvgIpc) is 2.95. The van der Waals surface area contributed by atoms with Crippen LogP contribution in [0.2, 0.25) is 0 Å². The van der Waals surface area contributed by atoms with E-state index in [0.717, 1.165) is 37.8 Å². The van der Waals surface area contributed by atoms with Gasteiger partial charge in [-0.05, 0) is 42.7 Å². The minimum Gasteiger partial charge on any atom is -0.310 e. The number of hydrogen-bond acceptors (Lipinski definition) is 4. The summed E-state index contributed by atoms with van der Waals surface area (Å²) in [5, 5.41) is 5.38. The Kier molecular flexibility index (Phi) is 4.17. The highest BCUT2D eigenvalue weighted by Crippen LogP contribution is 2.30. The predicted octanol–water partition coefficient (Wildman–Crippen LogP) is 2.56. The van der Waals surface area contributed by atoms with Crippen molar-refractivity contribution in [3.8, 4) is 0 Å². The zero-order chi connectivity index (χ0) is 14.2. The lowest BCUT2D eigenvalue weighted by atomic mass is 10.3. The van der Waals surface area contributed by atoms with Gasteiger partial charge in [-0.15, -0.1) is 11.3 Å². The summed E-state index contributed by atoms with van der Waals surface area (Å²) in [6.07, 6.45) is 6.78. The minimum atomic E-state index is -3.30. The fourth-order valence-corrected chi connectivity index (χ4v) is 5.55. The molecule has 3 rings (SSSR count). The first-order valence-corrected chi connectivity index (χ1v) is 9.68. The van der Waals surface area contributed by atoms with E-state index in [2.05, 4.69) is 5.32 Å². The number of hydrogen-bond donors (Lipinski definition) is 1. The van der Waals surface area contributed by atoms with E-state index in [9.17, 15) is 8.42 Å². The Balaban J connectivity index is 1.69. The molecule has 1 aromatic heterocycles. The van der Waals surface area contributed by atoms with Gasteiger partial charge in [-0.2, -0.15) is 4.31 Å². The minimum absolute atomic E-state index is 0.190. The molecule has 1 heterocycles. The van der Waals surface area contributed by atoms with Gasteiger partial charge in [0.15, 0.2) is 0 Å². The zero-order valence-electron chi connectivity index (χ0n) is 11.8. The smallest absolute Gasteiger partial charge is 0.252 e. The fourth-order valence-electron chi connectivity index (χ4n) is 2.74. The van der Waals surface area contributed by atoms with Gasteiger partial charge < -0.3 is 5.32 Å². The molecule has 1 aromatic rings. The van der Waals surface area contributed by atoms with Gasteiger partial charge in [-0.1, -0.05) is 12.8 Å². The highest BCUT2D eigenvalue weighted by Gasteiger charge is 2.31. The first-order valence-electron chi connectivity index (χ1n) is 7.36. The lowest BCUT2D eigenvalue weighted by Crippen LogP contribution is -2.34. The summed E-state index contributed by atoms with van der Waals surface area (Å²) in [7, 11) is -1.57. The second-order valence-corrected chi connectivity index (χ2v) is 9.02. The van der Waals surface area contributed by atoms with E-state index in [-0.39, 0.29) is 6.04 Å². The van der Waals surface area contributed by atoms with Crippen LogP contribution in [0.15, 0.2) is 15.7 Å². The predicted molar refractivity (Wildman–Crippen MR) is 81.4 cm³/mol. The summed E-state index contributed by atoms with van der Waals surface area (Å²) < 4.78 is 27.3. The standard InChI is InChI=1S/C14H22N2O2S2/c1-16(13-4-2-3-5-13)20(17,18)14-8-11(10-19-14)9-15-12-6-7-12/h8,10,12-13,15H,2-7,9H2,1H3. The molecule has 0 amide bonds. The molecule has 0 spiro atoms. The van der Waals surface area contributed by atoms with Crippen molar-refractivity contribution in [3.63, 3.8) is 0 Å². The van der Waals surface area contributed by atoms with Gasteiger partial charge in [-0.25, -0.2) is 8.42 Å². The Bertz CT molecular complexity index is 557. The second-order valence-electron chi connectivity index (χ2n) is 5.89. The van der Waals surface area contributed by atoms with Crippen LogP contribution in [0, 0.1) is 0 Å². The van der Waals surface area contributed by atoms with E-state index >= 15 is 0 Å². The van der Waals surface area contributed by atoms with Crippen LogP contribution in [0.4, 0.5) is 0 Å². The van der Waals surface area contributed by atoms with Crippen molar-refractivity contribution in [1.29, 1.82) is 0 Å². The summed E-state index contributed by atoms with van der Waals surface area (Å²) in [6.45, 7) is 0.782. The summed E-state index contributed by atoms with van der Waals surface area (Å²) in [5.74, 6) is 0. The second kappa shape index (κ2) is 5.75. The Morgan fingerprint density at radius 3 is 2.65 bits per heavy atom. The van der Waals surface area contributed by atoms with E-state index < -0.39 is 10.0 Å². The van der Waals surface area contributed by atoms with Gasteiger partial charge in [0.25, 0.3) is 10.0 Å². The lowest BCUT2D eigenvalue weighted by molar-refractivity contribution is 0.374. The monoisotopic (exact) mass is 314 g/mol. The summed E-state index contributed by atoms with van der Waals surface area (Å²) in [6, 6.07) is 2.67.